The molecule has 1 atom stereocenters. The molecule has 2 rings (SSSR count). The Morgan fingerprint density at radius 1 is 1.13 bits per heavy atom. The van der Waals surface area contributed by atoms with E-state index in [0.717, 1.165) is 0 Å². The van der Waals surface area contributed by atoms with Gasteiger partial charge in [-0.1, -0.05) is 0 Å². The van der Waals surface area contributed by atoms with Gasteiger partial charge in [-0.3, -0.25) is 0 Å². The number of halogens is 3. The first-order chi connectivity index (χ1) is 5.88. The van der Waals surface area contributed by atoms with Crippen molar-refractivity contribution in [1.29, 1.82) is 0 Å². The van der Waals surface area contributed by atoms with Gasteiger partial charge in [-0.25, -0.2) is 0 Å². The van der Waals surface area contributed by atoms with Crippen LogP contribution in [0.15, 0.2) is 27.3 Å². The van der Waals surface area contributed by atoms with E-state index < -0.39 is 0 Å². The number of hydrogen-bond acceptors (Lipinski definition) is 0. The molecule has 0 nitrogen and oxygen atoms in total. The third kappa shape index (κ3) is 5.56. The van der Waals surface area contributed by atoms with Crippen LogP contribution in [-0.4, -0.2) is 0 Å². The van der Waals surface area contributed by atoms with Gasteiger partial charge in [-0.15, -0.1) is 0 Å². The molecule has 1 aliphatic carbocycles. The quantitative estimate of drug-likeness (QED) is 0.444. The molecule has 0 N–H and O–H groups in total. The van der Waals surface area contributed by atoms with E-state index in [1.807, 2.05) is 0 Å². The summed E-state index contributed by atoms with van der Waals surface area (Å²) in [5.41, 5.74) is 0. The molecule has 8 heteroatoms. The molecule has 78 valence electrons. The van der Waals surface area contributed by atoms with Crippen molar-refractivity contribution in [3.8, 4) is 0 Å². The Labute approximate surface area is 130 Å². The summed E-state index contributed by atoms with van der Waals surface area (Å²) in [7, 11) is 6.11. The van der Waals surface area contributed by atoms with Crippen LogP contribution in [0.4, 0.5) is 0 Å². The van der Waals surface area contributed by atoms with E-state index in [0.29, 0.717) is 5.92 Å². The van der Waals surface area contributed by atoms with Crippen molar-refractivity contribution < 1.29 is 61.9 Å². The van der Waals surface area contributed by atoms with Crippen molar-refractivity contribution in [2.24, 2.45) is 0 Å². The third-order valence-electron chi connectivity index (χ3n) is 1.67. The Hall–Kier alpha value is 2.17. The zero-order valence-corrected chi connectivity index (χ0v) is 15.6. The van der Waals surface area contributed by atoms with Crippen LogP contribution in [0.1, 0.15) is 11.2 Å². The summed E-state index contributed by atoms with van der Waals surface area (Å²) in [5.74, 6) is 3.07. The zero-order chi connectivity index (χ0) is 8.39. The van der Waals surface area contributed by atoms with Gasteiger partial charge in [0.1, 0.15) is 0 Å². The normalized spacial score (nSPS) is 19.1. The summed E-state index contributed by atoms with van der Waals surface area (Å²) in [6.07, 6.45) is 6.79. The molecule has 0 spiro atoms. The molecule has 0 amide bonds. The SMILES string of the molecule is [Cl-].[Cl-].[Cl-].[Zr+3][C]1=CC=CC1c1cpppp1. The van der Waals surface area contributed by atoms with E-state index in [1.165, 1.54) is 15.7 Å². The van der Waals surface area contributed by atoms with Gasteiger partial charge in [-0.2, -0.15) is 0 Å². The van der Waals surface area contributed by atoms with Gasteiger partial charge in [0.15, 0.2) is 0 Å². The molecule has 1 unspecified atom stereocenters. The van der Waals surface area contributed by atoms with Crippen LogP contribution in [0.3, 0.4) is 0 Å². The van der Waals surface area contributed by atoms with Gasteiger partial charge >= 0.3 is 94.1 Å². The van der Waals surface area contributed by atoms with E-state index >= 15 is 0 Å². The van der Waals surface area contributed by atoms with E-state index in [4.69, 9.17) is 0 Å². The fourth-order valence-corrected chi connectivity index (χ4v) is 10.2. The maximum atomic E-state index is 2.40. The minimum absolute atomic E-state index is 0. The Morgan fingerprint density at radius 3 is 2.33 bits per heavy atom. The fraction of sp³-hybridized carbons (Fsp3) is 0.143. The molecule has 0 fully saturated rings. The van der Waals surface area contributed by atoms with E-state index in [9.17, 15) is 0 Å². The Bertz CT molecular complexity index is 343. The summed E-state index contributed by atoms with van der Waals surface area (Å²) in [5, 5.41) is 1.62. The molecule has 0 radical (unpaired) electrons. The molecular weight excluding hydrogens is 406 g/mol. The standard InChI is InChI=1S/C7H5P4.3ClH.Zr/c1-2-4-6(3-1)7-5-8-10-11-9-7;;;;/h1-3,5-6H;3*1H;/q;;;;+3/p-3. The zero-order valence-electron chi connectivity index (χ0n) is 7.31. The fourth-order valence-electron chi connectivity index (χ4n) is 1.08. The number of hydrogen-bond donors (Lipinski definition) is 0. The summed E-state index contributed by atoms with van der Waals surface area (Å²) in [4.78, 5) is 0. The van der Waals surface area contributed by atoms with Crippen molar-refractivity contribution in [3.05, 3.63) is 32.6 Å². The van der Waals surface area contributed by atoms with Gasteiger partial charge in [-0.05, 0) is 0 Å². The first kappa shape index (κ1) is 19.5. The second kappa shape index (κ2) is 10.1. The third-order valence-corrected chi connectivity index (χ3v) is 10.8. The predicted octanol–water partition coefficient (Wildman–Crippen LogP) is -3.90. The molecule has 1 aromatic heterocycles. The molecular formula is C7H5Cl3P4Zr. The monoisotopic (exact) mass is 408 g/mol. The van der Waals surface area contributed by atoms with Crippen molar-refractivity contribution in [2.45, 2.75) is 5.92 Å². The first-order valence-electron chi connectivity index (χ1n) is 3.49. The van der Waals surface area contributed by atoms with E-state index in [1.54, 1.807) is 48.4 Å². The molecule has 1 aromatic rings. The minimum atomic E-state index is 0. The molecule has 1 heterocycles. The van der Waals surface area contributed by atoms with Crippen molar-refractivity contribution in [2.75, 3.05) is 0 Å². The molecule has 15 heavy (non-hydrogen) atoms. The van der Waals surface area contributed by atoms with Crippen LogP contribution in [0.25, 0.3) is 0 Å². The van der Waals surface area contributed by atoms with Crippen LogP contribution < -0.4 is 37.2 Å². The Morgan fingerprint density at radius 2 is 1.87 bits per heavy atom. The van der Waals surface area contributed by atoms with Gasteiger partial charge in [0.25, 0.3) is 0 Å². The molecule has 0 saturated carbocycles. The Kier molecular flexibility index (Phi) is 13.2. The molecule has 0 aliphatic heterocycles. The summed E-state index contributed by atoms with van der Waals surface area (Å²) >= 11 is 1.57. The van der Waals surface area contributed by atoms with Crippen LogP contribution in [0.2, 0.25) is 0 Å². The second-order valence-corrected chi connectivity index (χ2v) is 11.0. The van der Waals surface area contributed by atoms with Crippen LogP contribution in [0, 0.1) is 0 Å². The average Bonchev–Trinajstić information content (AvgIpc) is 2.53. The Balaban J connectivity index is 0. The topological polar surface area (TPSA) is 0 Å². The van der Waals surface area contributed by atoms with Crippen molar-refractivity contribution >= 4 is 30.8 Å². The summed E-state index contributed by atoms with van der Waals surface area (Å²) in [6, 6.07) is 0. The summed E-state index contributed by atoms with van der Waals surface area (Å²) < 4.78 is 1.59. The maximum absolute atomic E-state index is 2.40. The van der Waals surface area contributed by atoms with Gasteiger partial charge < -0.3 is 37.2 Å². The van der Waals surface area contributed by atoms with E-state index in [2.05, 4.69) is 24.0 Å². The van der Waals surface area contributed by atoms with Crippen LogP contribution >= 0.6 is 30.8 Å². The second-order valence-electron chi connectivity index (χ2n) is 2.43. The molecule has 0 aromatic carbocycles. The van der Waals surface area contributed by atoms with Crippen LogP contribution in [-0.2, 0) is 24.7 Å². The first-order valence-corrected chi connectivity index (χ1v) is 10.5. The van der Waals surface area contributed by atoms with Gasteiger partial charge in [0.2, 0.25) is 0 Å². The molecule has 0 bridgehead atoms. The summed E-state index contributed by atoms with van der Waals surface area (Å²) in [6.45, 7) is 0. The number of rotatable bonds is 1. The molecule has 1 aliphatic rings. The number of allylic oxidation sites excluding steroid dienone is 4. The van der Waals surface area contributed by atoms with Crippen molar-refractivity contribution in [3.63, 3.8) is 0 Å². The van der Waals surface area contributed by atoms with Gasteiger partial charge in [0, 0.05) is 0 Å². The van der Waals surface area contributed by atoms with Crippen LogP contribution in [0.5, 0.6) is 0 Å². The van der Waals surface area contributed by atoms with Crippen molar-refractivity contribution in [1.82, 2.24) is 0 Å². The average molecular weight is 411 g/mol. The van der Waals surface area contributed by atoms with E-state index in [-0.39, 0.29) is 37.2 Å². The van der Waals surface area contributed by atoms with Gasteiger partial charge in [0.05, 0.1) is 0 Å². The molecule has 0 saturated heterocycles. The predicted molar refractivity (Wildman–Crippen MR) is 56.5 cm³/mol.